The second kappa shape index (κ2) is 7.03. The molecule has 1 atom stereocenters. The summed E-state index contributed by atoms with van der Waals surface area (Å²) in [6, 6.07) is 3.12. The Morgan fingerprint density at radius 1 is 1.38 bits per heavy atom. The molecule has 1 heterocycles. The van der Waals surface area contributed by atoms with Crippen molar-refractivity contribution >= 4 is 17.7 Å². The number of halogens is 1. The zero-order valence-corrected chi connectivity index (χ0v) is 11.4. The molecule has 3 N–H and O–H groups in total. The van der Waals surface area contributed by atoms with Crippen LogP contribution in [-0.4, -0.2) is 36.4 Å². The maximum atomic E-state index is 13.5. The number of carboxylic acid groups (broad SMARTS) is 1. The molecule has 21 heavy (non-hydrogen) atoms. The molecule has 2 rings (SSSR count). The van der Waals surface area contributed by atoms with Crippen molar-refractivity contribution in [3.05, 3.63) is 29.6 Å². The van der Waals surface area contributed by atoms with E-state index in [1.807, 2.05) is 0 Å². The Balaban J connectivity index is 1.93. The molecule has 1 unspecified atom stereocenters. The number of hydrogen-bond donors (Lipinski definition) is 3. The van der Waals surface area contributed by atoms with Crippen molar-refractivity contribution in [1.82, 2.24) is 5.32 Å². The van der Waals surface area contributed by atoms with Crippen molar-refractivity contribution in [1.29, 1.82) is 0 Å². The summed E-state index contributed by atoms with van der Waals surface area (Å²) in [7, 11) is 0. The maximum absolute atomic E-state index is 13.5. The van der Waals surface area contributed by atoms with Gasteiger partial charge in [0.05, 0.1) is 11.8 Å². The summed E-state index contributed by atoms with van der Waals surface area (Å²) < 4.78 is 18.9. The maximum Gasteiger partial charge on any atom is 0.340 e. The molecule has 1 aliphatic heterocycles. The number of aromatic carboxylic acids is 1. The molecule has 0 saturated carbocycles. The first kappa shape index (κ1) is 15.2. The number of urea groups is 1. The number of ether oxygens (including phenoxy) is 1. The predicted octanol–water partition coefficient (Wildman–Crippen LogP) is 2.21. The van der Waals surface area contributed by atoms with Crippen LogP contribution in [0.2, 0.25) is 0 Å². The number of amides is 2. The number of carbonyl (C=O) groups excluding carboxylic acids is 1. The van der Waals surface area contributed by atoms with E-state index >= 15 is 0 Å². The van der Waals surface area contributed by atoms with Gasteiger partial charge in [0.25, 0.3) is 0 Å². The molecule has 7 heteroatoms. The normalized spacial score (nSPS) is 18.0. The Labute approximate surface area is 121 Å². The number of hydrogen-bond acceptors (Lipinski definition) is 3. The minimum Gasteiger partial charge on any atom is -0.478 e. The highest BCUT2D eigenvalue weighted by Gasteiger charge is 2.18. The highest BCUT2D eigenvalue weighted by atomic mass is 19.1. The molecular formula is C14H17FN2O4. The number of nitrogens with one attached hydrogen (secondary N) is 2. The van der Waals surface area contributed by atoms with Crippen molar-refractivity contribution in [2.75, 3.05) is 18.5 Å². The van der Waals surface area contributed by atoms with Crippen molar-refractivity contribution in [2.24, 2.45) is 0 Å². The standard InChI is InChI=1S/C14H17FN2O4/c15-10-5-3-6-11(12(10)13(18)19)17-14(20)16-8-9-4-1-2-7-21-9/h3,5-6,9H,1-2,4,7-8H2,(H,18,19)(H2,16,17,20). The molecular weight excluding hydrogens is 279 g/mol. The summed E-state index contributed by atoms with van der Waals surface area (Å²) in [6.45, 7) is 1.02. The van der Waals surface area contributed by atoms with E-state index in [-0.39, 0.29) is 11.8 Å². The molecule has 0 bridgehead atoms. The molecule has 1 aromatic carbocycles. The second-order valence-electron chi connectivity index (χ2n) is 4.79. The molecule has 1 aliphatic rings. The van der Waals surface area contributed by atoms with E-state index in [1.165, 1.54) is 12.1 Å². The number of anilines is 1. The average molecular weight is 296 g/mol. The Morgan fingerprint density at radius 3 is 2.86 bits per heavy atom. The fourth-order valence-corrected chi connectivity index (χ4v) is 2.19. The van der Waals surface area contributed by atoms with Gasteiger partial charge in [-0.05, 0) is 31.4 Å². The van der Waals surface area contributed by atoms with Crippen LogP contribution >= 0.6 is 0 Å². The van der Waals surface area contributed by atoms with Crippen LogP contribution in [0, 0.1) is 5.82 Å². The third-order valence-corrected chi connectivity index (χ3v) is 3.24. The molecule has 1 fully saturated rings. The lowest BCUT2D eigenvalue weighted by Crippen LogP contribution is -2.38. The SMILES string of the molecule is O=C(NCC1CCCCO1)Nc1cccc(F)c1C(=O)O. The third-order valence-electron chi connectivity index (χ3n) is 3.24. The number of carboxylic acids is 1. The van der Waals surface area contributed by atoms with E-state index in [2.05, 4.69) is 10.6 Å². The van der Waals surface area contributed by atoms with Gasteiger partial charge >= 0.3 is 12.0 Å². The van der Waals surface area contributed by atoms with Gasteiger partial charge in [0.2, 0.25) is 0 Å². The minimum absolute atomic E-state index is 0.0315. The molecule has 1 aromatic rings. The summed E-state index contributed by atoms with van der Waals surface area (Å²) in [4.78, 5) is 22.7. The largest absolute Gasteiger partial charge is 0.478 e. The lowest BCUT2D eigenvalue weighted by molar-refractivity contribution is 0.0187. The van der Waals surface area contributed by atoms with Crippen LogP contribution in [0.15, 0.2) is 18.2 Å². The van der Waals surface area contributed by atoms with E-state index in [4.69, 9.17) is 9.84 Å². The summed E-state index contributed by atoms with van der Waals surface area (Å²) in [5, 5.41) is 13.9. The van der Waals surface area contributed by atoms with Crippen LogP contribution in [0.4, 0.5) is 14.9 Å². The fourth-order valence-electron chi connectivity index (χ4n) is 2.19. The van der Waals surface area contributed by atoms with Crippen molar-refractivity contribution in [3.63, 3.8) is 0 Å². The van der Waals surface area contributed by atoms with Gasteiger partial charge in [-0.2, -0.15) is 0 Å². The Kier molecular flexibility index (Phi) is 5.10. The lowest BCUT2D eigenvalue weighted by atomic mass is 10.1. The Morgan fingerprint density at radius 2 is 2.19 bits per heavy atom. The number of benzene rings is 1. The zero-order chi connectivity index (χ0) is 15.2. The summed E-state index contributed by atoms with van der Waals surface area (Å²) in [6.07, 6.45) is 2.92. The van der Waals surface area contributed by atoms with Crippen molar-refractivity contribution < 1.29 is 23.8 Å². The molecule has 2 amide bonds. The van der Waals surface area contributed by atoms with Crippen LogP contribution in [0.25, 0.3) is 0 Å². The zero-order valence-electron chi connectivity index (χ0n) is 11.4. The molecule has 0 aromatic heterocycles. The minimum atomic E-state index is -1.43. The van der Waals surface area contributed by atoms with Crippen LogP contribution < -0.4 is 10.6 Å². The molecule has 0 radical (unpaired) electrons. The van der Waals surface area contributed by atoms with Gasteiger partial charge in [-0.25, -0.2) is 14.0 Å². The summed E-state index contributed by atoms with van der Waals surface area (Å²) >= 11 is 0. The van der Waals surface area contributed by atoms with Gasteiger partial charge in [-0.15, -0.1) is 0 Å². The highest BCUT2D eigenvalue weighted by Crippen LogP contribution is 2.19. The van der Waals surface area contributed by atoms with Crippen LogP contribution in [-0.2, 0) is 4.74 Å². The Bertz CT molecular complexity index is 530. The second-order valence-corrected chi connectivity index (χ2v) is 4.79. The number of rotatable bonds is 4. The Hall–Kier alpha value is -2.15. The first-order chi connectivity index (χ1) is 10.1. The fraction of sp³-hybridized carbons (Fsp3) is 0.429. The first-order valence-electron chi connectivity index (χ1n) is 6.76. The molecule has 114 valence electrons. The van der Waals surface area contributed by atoms with Gasteiger partial charge in [-0.3, -0.25) is 0 Å². The van der Waals surface area contributed by atoms with Gasteiger partial charge in [0.15, 0.2) is 0 Å². The van der Waals surface area contributed by atoms with Crippen LogP contribution in [0.1, 0.15) is 29.6 Å². The van der Waals surface area contributed by atoms with Crippen molar-refractivity contribution in [3.8, 4) is 0 Å². The first-order valence-corrected chi connectivity index (χ1v) is 6.76. The third kappa shape index (κ3) is 4.16. The average Bonchev–Trinajstić information content (AvgIpc) is 2.46. The highest BCUT2D eigenvalue weighted by molar-refractivity contribution is 6.00. The molecule has 0 spiro atoms. The topological polar surface area (TPSA) is 87.7 Å². The molecule has 6 nitrogen and oxygen atoms in total. The van der Waals surface area contributed by atoms with Crippen LogP contribution in [0.5, 0.6) is 0 Å². The van der Waals surface area contributed by atoms with Gasteiger partial charge in [0, 0.05) is 13.2 Å². The van der Waals surface area contributed by atoms with Gasteiger partial charge in [0.1, 0.15) is 11.4 Å². The molecule has 0 aliphatic carbocycles. The van der Waals surface area contributed by atoms with E-state index in [1.54, 1.807) is 0 Å². The van der Waals surface area contributed by atoms with E-state index < -0.39 is 23.4 Å². The van der Waals surface area contributed by atoms with E-state index in [9.17, 15) is 14.0 Å². The van der Waals surface area contributed by atoms with Gasteiger partial charge < -0.3 is 20.5 Å². The smallest absolute Gasteiger partial charge is 0.340 e. The van der Waals surface area contributed by atoms with E-state index in [0.717, 1.165) is 25.3 Å². The monoisotopic (exact) mass is 296 g/mol. The van der Waals surface area contributed by atoms with Gasteiger partial charge in [-0.1, -0.05) is 6.07 Å². The number of carbonyl (C=O) groups is 2. The summed E-state index contributed by atoms with van der Waals surface area (Å²) in [5.41, 5.74) is -0.633. The molecule has 1 saturated heterocycles. The van der Waals surface area contributed by atoms with E-state index in [0.29, 0.717) is 13.2 Å². The van der Waals surface area contributed by atoms with Crippen LogP contribution in [0.3, 0.4) is 0 Å². The van der Waals surface area contributed by atoms with Crippen molar-refractivity contribution in [2.45, 2.75) is 25.4 Å². The quantitative estimate of drug-likeness (QED) is 0.795. The predicted molar refractivity (Wildman–Crippen MR) is 74.0 cm³/mol. The summed E-state index contributed by atoms with van der Waals surface area (Å²) in [5.74, 6) is -2.32. The lowest BCUT2D eigenvalue weighted by Gasteiger charge is -2.22.